The summed E-state index contributed by atoms with van der Waals surface area (Å²) in [6.45, 7) is 0. The molecule has 4 aromatic rings. The van der Waals surface area contributed by atoms with Gasteiger partial charge in [-0.05, 0) is 48.5 Å². The molecule has 7 heteroatoms. The maximum atomic E-state index is 11.7. The van der Waals surface area contributed by atoms with Gasteiger partial charge in [0.2, 0.25) is 0 Å². The average molecular weight is 419 g/mol. The molecule has 2 aromatic heterocycles. The fourth-order valence-corrected chi connectivity index (χ4v) is 3.38. The van der Waals surface area contributed by atoms with E-state index in [-0.39, 0.29) is 5.56 Å². The van der Waals surface area contributed by atoms with E-state index in [1.165, 1.54) is 6.07 Å². The minimum Gasteiger partial charge on any atom is -0.478 e. The van der Waals surface area contributed by atoms with Crippen molar-refractivity contribution in [3.05, 3.63) is 75.2 Å². The second-order valence-electron chi connectivity index (χ2n) is 5.79. The zero-order chi connectivity index (χ0) is 19.1. The van der Waals surface area contributed by atoms with Crippen LogP contribution in [0.2, 0.25) is 15.1 Å². The Morgan fingerprint density at radius 3 is 2.52 bits per heavy atom. The van der Waals surface area contributed by atoms with Crippen molar-refractivity contribution in [3.8, 4) is 22.8 Å². The minimum absolute atomic E-state index is 0.0937. The largest absolute Gasteiger partial charge is 0.478 e. The second-order valence-corrected chi connectivity index (χ2v) is 7.01. The highest BCUT2D eigenvalue weighted by Gasteiger charge is 2.17. The van der Waals surface area contributed by atoms with Crippen LogP contribution in [0.1, 0.15) is 10.4 Å². The van der Waals surface area contributed by atoms with E-state index in [2.05, 4.69) is 4.98 Å². The molecule has 4 rings (SSSR count). The number of pyridine rings is 1. The van der Waals surface area contributed by atoms with Crippen LogP contribution in [0.3, 0.4) is 0 Å². The molecule has 0 saturated carbocycles. The molecular formula is C20H10Cl3NO3. The summed E-state index contributed by atoms with van der Waals surface area (Å²) in [7, 11) is 0. The lowest BCUT2D eigenvalue weighted by atomic mass is 10.1. The number of aromatic nitrogens is 1. The highest BCUT2D eigenvalue weighted by molar-refractivity contribution is 6.43. The summed E-state index contributed by atoms with van der Waals surface area (Å²) >= 11 is 18.3. The number of carboxylic acids is 1. The maximum absolute atomic E-state index is 11.7. The summed E-state index contributed by atoms with van der Waals surface area (Å²) in [5, 5.41) is 11.3. The third-order valence-electron chi connectivity index (χ3n) is 4.08. The summed E-state index contributed by atoms with van der Waals surface area (Å²) in [4.78, 5) is 16.2. The first-order chi connectivity index (χ1) is 12.9. The Hall–Kier alpha value is -2.53. The number of rotatable bonds is 3. The molecule has 2 heterocycles. The van der Waals surface area contributed by atoms with E-state index >= 15 is 0 Å². The Morgan fingerprint density at radius 1 is 0.963 bits per heavy atom. The molecule has 0 unspecified atom stereocenters. The molecule has 1 N–H and O–H groups in total. The Balaban J connectivity index is 1.86. The number of hydrogen-bond donors (Lipinski definition) is 1. The summed E-state index contributed by atoms with van der Waals surface area (Å²) in [6, 6.07) is 15.1. The van der Waals surface area contributed by atoms with E-state index in [9.17, 15) is 9.90 Å². The number of fused-ring (bicyclic) bond motifs is 1. The Kier molecular flexibility index (Phi) is 4.56. The predicted octanol–water partition coefficient (Wildman–Crippen LogP) is 6.82. The maximum Gasteiger partial charge on any atom is 0.336 e. The number of benzene rings is 2. The van der Waals surface area contributed by atoms with Crippen LogP contribution in [0.25, 0.3) is 33.7 Å². The van der Waals surface area contributed by atoms with Crippen LogP contribution < -0.4 is 0 Å². The zero-order valence-corrected chi connectivity index (χ0v) is 15.8. The van der Waals surface area contributed by atoms with Crippen LogP contribution in [0.4, 0.5) is 0 Å². The predicted molar refractivity (Wildman–Crippen MR) is 107 cm³/mol. The molecule has 0 aliphatic heterocycles. The van der Waals surface area contributed by atoms with Gasteiger partial charge in [0.25, 0.3) is 0 Å². The van der Waals surface area contributed by atoms with Crippen LogP contribution in [-0.2, 0) is 0 Å². The summed E-state index contributed by atoms with van der Waals surface area (Å²) in [5.41, 5.74) is 1.64. The molecule has 0 amide bonds. The number of nitrogens with zero attached hydrogens (tertiary/aromatic N) is 1. The monoisotopic (exact) mass is 417 g/mol. The fourth-order valence-electron chi connectivity index (χ4n) is 2.82. The molecule has 0 radical (unpaired) electrons. The molecule has 0 spiro atoms. The van der Waals surface area contributed by atoms with E-state index in [1.807, 2.05) is 0 Å². The second kappa shape index (κ2) is 6.89. The Labute approximate surface area is 168 Å². The highest BCUT2D eigenvalue weighted by Crippen LogP contribution is 2.36. The zero-order valence-electron chi connectivity index (χ0n) is 13.5. The van der Waals surface area contributed by atoms with Crippen molar-refractivity contribution in [1.29, 1.82) is 0 Å². The van der Waals surface area contributed by atoms with Gasteiger partial charge in [-0.25, -0.2) is 9.78 Å². The summed E-state index contributed by atoms with van der Waals surface area (Å²) < 4.78 is 5.87. The van der Waals surface area contributed by atoms with Crippen molar-refractivity contribution in [2.75, 3.05) is 0 Å². The van der Waals surface area contributed by atoms with Crippen LogP contribution in [0.15, 0.2) is 59.0 Å². The number of halogens is 3. The van der Waals surface area contributed by atoms with Gasteiger partial charge in [0.15, 0.2) is 5.76 Å². The third kappa shape index (κ3) is 3.28. The van der Waals surface area contributed by atoms with Gasteiger partial charge < -0.3 is 9.52 Å². The first-order valence-electron chi connectivity index (χ1n) is 7.82. The minimum atomic E-state index is -1.07. The van der Waals surface area contributed by atoms with Gasteiger partial charge in [-0.3, -0.25) is 0 Å². The van der Waals surface area contributed by atoms with Gasteiger partial charge in [-0.1, -0.05) is 40.9 Å². The topological polar surface area (TPSA) is 63.3 Å². The number of carboxylic acid groups (broad SMARTS) is 1. The number of carbonyl (C=O) groups is 1. The Bertz CT molecular complexity index is 1200. The van der Waals surface area contributed by atoms with Gasteiger partial charge >= 0.3 is 5.97 Å². The lowest BCUT2D eigenvalue weighted by molar-refractivity contribution is 0.0699. The molecule has 2 aromatic carbocycles. The third-order valence-corrected chi connectivity index (χ3v) is 5.13. The van der Waals surface area contributed by atoms with Crippen molar-refractivity contribution < 1.29 is 14.3 Å². The van der Waals surface area contributed by atoms with Crippen molar-refractivity contribution in [1.82, 2.24) is 4.98 Å². The summed E-state index contributed by atoms with van der Waals surface area (Å²) in [5.74, 6) is -0.150. The standard InChI is InChI=1S/C20H10Cl3NO3/c21-10-4-5-15-12(8-10)13(20(25)26)9-16(24-15)18-7-6-17(27-18)11-2-1-3-14(22)19(11)23/h1-9H,(H,25,26). The van der Waals surface area contributed by atoms with Gasteiger partial charge in [0.05, 0.1) is 21.1 Å². The van der Waals surface area contributed by atoms with Gasteiger partial charge in [-0.15, -0.1) is 0 Å². The van der Waals surface area contributed by atoms with Crippen molar-refractivity contribution >= 4 is 51.7 Å². The van der Waals surface area contributed by atoms with E-state index in [0.717, 1.165) is 0 Å². The quantitative estimate of drug-likeness (QED) is 0.396. The van der Waals surface area contributed by atoms with Gasteiger partial charge in [-0.2, -0.15) is 0 Å². The fraction of sp³-hybridized carbons (Fsp3) is 0. The van der Waals surface area contributed by atoms with Crippen LogP contribution in [0, 0.1) is 0 Å². The molecular weight excluding hydrogens is 409 g/mol. The lowest BCUT2D eigenvalue weighted by Gasteiger charge is -2.06. The molecule has 0 bridgehead atoms. The van der Waals surface area contributed by atoms with Gasteiger partial charge in [0.1, 0.15) is 11.5 Å². The van der Waals surface area contributed by atoms with Crippen LogP contribution >= 0.6 is 34.8 Å². The normalized spacial score (nSPS) is 11.1. The van der Waals surface area contributed by atoms with Crippen molar-refractivity contribution in [2.45, 2.75) is 0 Å². The average Bonchev–Trinajstić information content (AvgIpc) is 3.13. The molecule has 0 aliphatic rings. The van der Waals surface area contributed by atoms with E-state index in [0.29, 0.717) is 48.7 Å². The molecule has 0 fully saturated rings. The van der Waals surface area contributed by atoms with E-state index in [4.69, 9.17) is 39.2 Å². The van der Waals surface area contributed by atoms with Crippen LogP contribution in [0.5, 0.6) is 0 Å². The lowest BCUT2D eigenvalue weighted by Crippen LogP contribution is -2.00. The molecule has 27 heavy (non-hydrogen) atoms. The van der Waals surface area contributed by atoms with Crippen LogP contribution in [-0.4, -0.2) is 16.1 Å². The number of aromatic carboxylic acids is 1. The van der Waals surface area contributed by atoms with Crippen molar-refractivity contribution in [2.24, 2.45) is 0 Å². The van der Waals surface area contributed by atoms with Gasteiger partial charge in [0, 0.05) is 16.0 Å². The number of furan rings is 1. The number of hydrogen-bond acceptors (Lipinski definition) is 3. The van der Waals surface area contributed by atoms with E-state index < -0.39 is 5.97 Å². The van der Waals surface area contributed by atoms with Crippen molar-refractivity contribution in [3.63, 3.8) is 0 Å². The van der Waals surface area contributed by atoms with E-state index in [1.54, 1.807) is 48.5 Å². The first-order valence-corrected chi connectivity index (χ1v) is 8.95. The molecule has 4 nitrogen and oxygen atoms in total. The smallest absolute Gasteiger partial charge is 0.336 e. The first kappa shape index (κ1) is 17.9. The highest BCUT2D eigenvalue weighted by atomic mass is 35.5. The molecule has 0 aliphatic carbocycles. The SMILES string of the molecule is O=C(O)c1cc(-c2ccc(-c3cccc(Cl)c3Cl)o2)nc2ccc(Cl)cc12. The Morgan fingerprint density at radius 2 is 1.74 bits per heavy atom. The summed E-state index contributed by atoms with van der Waals surface area (Å²) in [6.07, 6.45) is 0. The molecule has 0 saturated heterocycles. The molecule has 134 valence electrons. The molecule has 0 atom stereocenters.